The van der Waals surface area contributed by atoms with Crippen molar-refractivity contribution in [2.24, 2.45) is 0 Å². The molecule has 3 heteroatoms. The zero-order chi connectivity index (χ0) is 11.2. The first-order valence-electron chi connectivity index (χ1n) is 5.37. The third-order valence-corrected chi connectivity index (χ3v) is 3.36. The summed E-state index contributed by atoms with van der Waals surface area (Å²) in [5, 5.41) is 0. The van der Waals surface area contributed by atoms with Crippen LogP contribution in [0.4, 0.5) is 0 Å². The van der Waals surface area contributed by atoms with Crippen molar-refractivity contribution in [3.8, 4) is 5.75 Å². The van der Waals surface area contributed by atoms with Gasteiger partial charge in [0.15, 0.2) is 0 Å². The molecule has 1 aromatic rings. The van der Waals surface area contributed by atoms with E-state index >= 15 is 0 Å². The average Bonchev–Trinajstić information content (AvgIpc) is 2.30. The minimum absolute atomic E-state index is 0.605. The molecule has 0 fully saturated rings. The van der Waals surface area contributed by atoms with Crippen LogP contribution in [0.5, 0.6) is 5.75 Å². The monoisotopic (exact) mass is 218 g/mol. The Morgan fingerprint density at radius 1 is 1.25 bits per heavy atom. The molecule has 0 saturated heterocycles. The van der Waals surface area contributed by atoms with E-state index in [1.807, 2.05) is 6.08 Å². The number of hydrogen-bond acceptors (Lipinski definition) is 3. The van der Waals surface area contributed by atoms with Gasteiger partial charge in [0.1, 0.15) is 12.4 Å². The molecule has 1 aliphatic heterocycles. The molecule has 0 aromatic heterocycles. The minimum atomic E-state index is -0.605. The summed E-state index contributed by atoms with van der Waals surface area (Å²) in [5.41, 5.74) is 3.40. The quantitative estimate of drug-likeness (QED) is 0.711. The number of hydrogen-bond donors (Lipinski definition) is 0. The molecule has 3 nitrogen and oxygen atoms in total. The lowest BCUT2D eigenvalue weighted by molar-refractivity contribution is -0.231. The predicted molar refractivity (Wildman–Crippen MR) is 60.4 cm³/mol. The summed E-state index contributed by atoms with van der Waals surface area (Å²) in [6.45, 7) is 0.618. The van der Waals surface area contributed by atoms with Gasteiger partial charge in [-0.2, -0.15) is 0 Å². The Morgan fingerprint density at radius 3 is 2.81 bits per heavy atom. The highest BCUT2D eigenvalue weighted by Gasteiger charge is 2.47. The molecule has 0 unspecified atom stereocenters. The van der Waals surface area contributed by atoms with Gasteiger partial charge in [0.05, 0.1) is 5.56 Å². The van der Waals surface area contributed by atoms with Crippen LogP contribution in [0, 0.1) is 0 Å². The fourth-order valence-corrected chi connectivity index (χ4v) is 2.46. The zero-order valence-corrected chi connectivity index (χ0v) is 9.45. The van der Waals surface area contributed by atoms with Gasteiger partial charge in [0.25, 0.3) is 0 Å². The number of fused-ring (bicyclic) bond motifs is 3. The van der Waals surface area contributed by atoms with E-state index in [1.165, 1.54) is 5.56 Å². The average molecular weight is 218 g/mol. The van der Waals surface area contributed by atoms with Crippen molar-refractivity contribution < 1.29 is 14.2 Å². The molecule has 0 saturated carbocycles. The van der Waals surface area contributed by atoms with E-state index < -0.39 is 5.79 Å². The highest BCUT2D eigenvalue weighted by molar-refractivity contribution is 5.66. The molecule has 16 heavy (non-hydrogen) atoms. The maximum atomic E-state index is 5.70. The summed E-state index contributed by atoms with van der Waals surface area (Å²) in [4.78, 5) is 0. The standard InChI is InChI=1S/C13H14O3/c1-14-13(15-2)8-10-6-5-9-4-3-7-16-12(9)11(10)13/h3-6H,7-8H2,1-2H3. The largest absolute Gasteiger partial charge is 0.488 e. The Kier molecular flexibility index (Phi) is 2.06. The first-order valence-corrected chi connectivity index (χ1v) is 5.37. The molecular formula is C13H14O3. The van der Waals surface area contributed by atoms with Gasteiger partial charge in [0.2, 0.25) is 5.79 Å². The smallest absolute Gasteiger partial charge is 0.202 e. The van der Waals surface area contributed by atoms with Crippen molar-refractivity contribution in [3.05, 3.63) is 34.9 Å². The van der Waals surface area contributed by atoms with Crippen molar-refractivity contribution in [2.45, 2.75) is 12.2 Å². The second kappa shape index (κ2) is 3.34. The van der Waals surface area contributed by atoms with Crippen LogP contribution in [0.3, 0.4) is 0 Å². The molecule has 0 amide bonds. The first kappa shape index (κ1) is 9.87. The van der Waals surface area contributed by atoms with Crippen LogP contribution in [-0.2, 0) is 21.7 Å². The van der Waals surface area contributed by atoms with E-state index in [9.17, 15) is 0 Å². The Labute approximate surface area is 94.6 Å². The van der Waals surface area contributed by atoms with Crippen molar-refractivity contribution in [3.63, 3.8) is 0 Å². The number of ether oxygens (including phenoxy) is 3. The molecule has 0 atom stereocenters. The van der Waals surface area contributed by atoms with Crippen LogP contribution >= 0.6 is 0 Å². The molecule has 0 radical (unpaired) electrons. The summed E-state index contributed by atoms with van der Waals surface area (Å²) in [6.07, 6.45) is 4.87. The summed E-state index contributed by atoms with van der Waals surface area (Å²) >= 11 is 0. The fraction of sp³-hybridized carbons (Fsp3) is 0.385. The molecule has 1 heterocycles. The van der Waals surface area contributed by atoms with Gasteiger partial charge in [-0.1, -0.05) is 18.2 Å². The van der Waals surface area contributed by atoms with Gasteiger partial charge in [0, 0.05) is 26.2 Å². The molecule has 1 aromatic carbocycles. The molecule has 84 valence electrons. The molecule has 2 aliphatic rings. The Morgan fingerprint density at radius 2 is 2.06 bits per heavy atom. The van der Waals surface area contributed by atoms with Crippen molar-refractivity contribution in [1.82, 2.24) is 0 Å². The minimum Gasteiger partial charge on any atom is -0.488 e. The lowest BCUT2D eigenvalue weighted by Crippen LogP contribution is -2.43. The molecule has 1 aliphatic carbocycles. The Hall–Kier alpha value is -1.32. The SMILES string of the molecule is COC1(OC)Cc2ccc3c(c21)OCC=C3. The van der Waals surface area contributed by atoms with Crippen LogP contribution < -0.4 is 4.74 Å². The third kappa shape index (κ3) is 1.10. The molecule has 3 rings (SSSR count). The molecule has 0 spiro atoms. The van der Waals surface area contributed by atoms with Gasteiger partial charge in [-0.3, -0.25) is 0 Å². The zero-order valence-electron chi connectivity index (χ0n) is 9.45. The van der Waals surface area contributed by atoms with Gasteiger partial charge < -0.3 is 14.2 Å². The van der Waals surface area contributed by atoms with Gasteiger partial charge in [-0.15, -0.1) is 0 Å². The van der Waals surface area contributed by atoms with Gasteiger partial charge >= 0.3 is 0 Å². The Bertz CT molecular complexity index is 458. The van der Waals surface area contributed by atoms with Gasteiger partial charge in [-0.25, -0.2) is 0 Å². The van der Waals surface area contributed by atoms with Crippen molar-refractivity contribution in [1.29, 1.82) is 0 Å². The van der Waals surface area contributed by atoms with Crippen LogP contribution in [0.25, 0.3) is 6.08 Å². The Balaban J connectivity index is 2.17. The van der Waals surface area contributed by atoms with E-state index in [0.717, 1.165) is 23.3 Å². The maximum absolute atomic E-state index is 5.70. The second-order valence-electron chi connectivity index (χ2n) is 4.07. The van der Waals surface area contributed by atoms with E-state index in [2.05, 4.69) is 18.2 Å². The molecular weight excluding hydrogens is 204 g/mol. The fourth-order valence-electron chi connectivity index (χ4n) is 2.46. The normalized spacial score (nSPS) is 19.4. The maximum Gasteiger partial charge on any atom is 0.202 e. The van der Waals surface area contributed by atoms with E-state index in [4.69, 9.17) is 14.2 Å². The first-order chi connectivity index (χ1) is 7.80. The van der Waals surface area contributed by atoms with E-state index in [1.54, 1.807) is 14.2 Å². The lowest BCUT2D eigenvalue weighted by atomic mass is 9.79. The van der Waals surface area contributed by atoms with Crippen molar-refractivity contribution in [2.75, 3.05) is 20.8 Å². The van der Waals surface area contributed by atoms with Crippen LogP contribution in [0.2, 0.25) is 0 Å². The predicted octanol–water partition coefficient (Wildman–Crippen LogP) is 2.09. The summed E-state index contributed by atoms with van der Waals surface area (Å²) in [7, 11) is 3.34. The second-order valence-corrected chi connectivity index (χ2v) is 4.07. The van der Waals surface area contributed by atoms with Gasteiger partial charge in [-0.05, 0) is 11.6 Å². The number of benzene rings is 1. The summed E-state index contributed by atoms with van der Waals surface area (Å²) in [6, 6.07) is 4.20. The summed E-state index contributed by atoms with van der Waals surface area (Å²) in [5.74, 6) is 0.307. The van der Waals surface area contributed by atoms with Crippen LogP contribution in [-0.4, -0.2) is 20.8 Å². The highest BCUT2D eigenvalue weighted by Crippen LogP contribution is 2.49. The lowest BCUT2D eigenvalue weighted by Gasteiger charge is -2.42. The number of rotatable bonds is 2. The van der Waals surface area contributed by atoms with Crippen molar-refractivity contribution >= 4 is 6.08 Å². The van der Waals surface area contributed by atoms with Crippen LogP contribution in [0.1, 0.15) is 16.7 Å². The molecule has 0 N–H and O–H groups in total. The van der Waals surface area contributed by atoms with Crippen LogP contribution in [0.15, 0.2) is 18.2 Å². The third-order valence-electron chi connectivity index (χ3n) is 3.36. The topological polar surface area (TPSA) is 27.7 Å². The van der Waals surface area contributed by atoms with E-state index in [0.29, 0.717) is 6.61 Å². The number of methoxy groups -OCH3 is 2. The summed E-state index contributed by atoms with van der Waals surface area (Å²) < 4.78 is 16.7. The van der Waals surface area contributed by atoms with E-state index in [-0.39, 0.29) is 0 Å². The molecule has 0 bridgehead atoms. The highest BCUT2D eigenvalue weighted by atomic mass is 16.7.